The largest absolute Gasteiger partial charge is 0.465 e. The van der Waals surface area contributed by atoms with Crippen molar-refractivity contribution in [2.75, 3.05) is 24.5 Å². The Labute approximate surface area is 193 Å². The molecule has 1 N–H and O–H groups in total. The summed E-state index contributed by atoms with van der Waals surface area (Å²) in [6, 6.07) is 1.40. The summed E-state index contributed by atoms with van der Waals surface area (Å²) in [4.78, 5) is 36.7. The minimum atomic E-state index is -0.981. The van der Waals surface area contributed by atoms with Crippen molar-refractivity contribution < 1.29 is 14.4 Å². The van der Waals surface area contributed by atoms with Gasteiger partial charge in [0.25, 0.3) is 0 Å². The summed E-state index contributed by atoms with van der Waals surface area (Å²) in [5.41, 5.74) is 0.696. The van der Waals surface area contributed by atoms with Gasteiger partial charge in [0.2, 0.25) is 0 Å². The van der Waals surface area contributed by atoms with Gasteiger partial charge in [0.15, 0.2) is 11.4 Å². The molecule has 10 nitrogen and oxygen atoms in total. The van der Waals surface area contributed by atoms with Crippen LogP contribution in [0.25, 0.3) is 16.7 Å². The van der Waals surface area contributed by atoms with Crippen molar-refractivity contribution in [3.8, 4) is 5.69 Å². The average Bonchev–Trinajstić information content (AvgIpc) is 3.10. The van der Waals surface area contributed by atoms with Crippen molar-refractivity contribution in [1.29, 1.82) is 0 Å². The Balaban J connectivity index is 1.97. The Hall–Kier alpha value is -2.85. The van der Waals surface area contributed by atoms with Gasteiger partial charge in [-0.3, -0.25) is 0 Å². The van der Waals surface area contributed by atoms with E-state index in [-0.39, 0.29) is 40.9 Å². The van der Waals surface area contributed by atoms with E-state index in [9.17, 15) is 14.7 Å². The van der Waals surface area contributed by atoms with Crippen LogP contribution in [0.5, 0.6) is 0 Å². The Morgan fingerprint density at radius 2 is 2.00 bits per heavy atom. The van der Waals surface area contributed by atoms with Crippen molar-refractivity contribution in [3.63, 3.8) is 0 Å². The highest BCUT2D eigenvalue weighted by atomic mass is 35.5. The summed E-state index contributed by atoms with van der Waals surface area (Å²) in [5, 5.41) is 14.1. The molecular formula is C20H22Cl2N6O4. The molecule has 0 saturated carbocycles. The lowest BCUT2D eigenvalue weighted by molar-refractivity contribution is 0.136. The van der Waals surface area contributed by atoms with E-state index in [2.05, 4.69) is 15.1 Å². The number of hydrogen-bond donors (Lipinski definition) is 1. The molecule has 1 fully saturated rings. The second-order valence-corrected chi connectivity index (χ2v) is 8.86. The van der Waals surface area contributed by atoms with E-state index in [4.69, 9.17) is 27.7 Å². The normalized spacial score (nSPS) is 16.9. The van der Waals surface area contributed by atoms with Gasteiger partial charge < -0.3 is 19.4 Å². The molecule has 4 rings (SSSR count). The molecule has 0 spiro atoms. The molecule has 1 amide bonds. The average molecular weight is 481 g/mol. The highest BCUT2D eigenvalue weighted by Crippen LogP contribution is 2.34. The topological polar surface area (TPSA) is 118 Å². The number of carboxylic acid groups (broad SMARTS) is 1. The molecule has 4 heterocycles. The van der Waals surface area contributed by atoms with Crippen LogP contribution in [-0.2, 0) is 0 Å². The Morgan fingerprint density at radius 3 is 2.62 bits per heavy atom. The molecule has 0 bridgehead atoms. The molecule has 1 aliphatic rings. The van der Waals surface area contributed by atoms with Gasteiger partial charge in [-0.25, -0.2) is 19.1 Å². The van der Waals surface area contributed by atoms with E-state index in [1.807, 2.05) is 25.7 Å². The zero-order chi connectivity index (χ0) is 23.3. The van der Waals surface area contributed by atoms with Gasteiger partial charge in [0.05, 0.1) is 10.4 Å². The molecular weight excluding hydrogens is 459 g/mol. The number of aryl methyl sites for hydroxylation is 1. The third-order valence-corrected chi connectivity index (χ3v) is 6.21. The summed E-state index contributed by atoms with van der Waals surface area (Å²) < 4.78 is 6.82. The van der Waals surface area contributed by atoms with Crippen molar-refractivity contribution >= 4 is 46.1 Å². The quantitative estimate of drug-likeness (QED) is 0.563. The number of hydrogen-bond acceptors (Lipinski definition) is 7. The van der Waals surface area contributed by atoms with Crippen molar-refractivity contribution in [2.24, 2.45) is 0 Å². The number of nitrogens with zero attached hydrogens (tertiary/aromatic N) is 6. The fourth-order valence-electron chi connectivity index (χ4n) is 3.98. The first-order valence-electron chi connectivity index (χ1n) is 10.1. The third kappa shape index (κ3) is 3.67. The monoisotopic (exact) mass is 480 g/mol. The van der Waals surface area contributed by atoms with Gasteiger partial charge in [0.1, 0.15) is 22.4 Å². The fraction of sp³-hybridized carbons (Fsp3) is 0.450. The molecule has 32 heavy (non-hydrogen) atoms. The van der Waals surface area contributed by atoms with Gasteiger partial charge in [-0.15, -0.1) is 0 Å². The molecule has 1 atom stereocenters. The number of anilines is 1. The van der Waals surface area contributed by atoms with Crippen LogP contribution in [0.1, 0.15) is 38.1 Å². The number of pyridine rings is 1. The number of halogens is 2. The van der Waals surface area contributed by atoms with Crippen molar-refractivity contribution in [1.82, 2.24) is 24.6 Å². The molecule has 0 aliphatic carbocycles. The summed E-state index contributed by atoms with van der Waals surface area (Å²) in [5.74, 6) is 0.863. The van der Waals surface area contributed by atoms with E-state index in [1.165, 1.54) is 9.47 Å². The first-order chi connectivity index (χ1) is 15.1. The Morgan fingerprint density at radius 1 is 1.28 bits per heavy atom. The predicted octanol–water partition coefficient (Wildman–Crippen LogP) is 3.70. The maximum atomic E-state index is 13.3. The number of aromatic nitrogens is 4. The summed E-state index contributed by atoms with van der Waals surface area (Å²) in [7, 11) is 0. The second kappa shape index (κ2) is 8.25. The number of amides is 1. The van der Waals surface area contributed by atoms with Gasteiger partial charge in [0, 0.05) is 31.6 Å². The van der Waals surface area contributed by atoms with Crippen LogP contribution in [0.2, 0.25) is 10.2 Å². The SMILES string of the molecule is Cc1noc(C(C)C)c1-n1c(=O)nc(N2CCN(C(=O)O)C[C@@H]2C)c2cc(Cl)c(Cl)nc21. The molecule has 3 aromatic rings. The molecule has 1 saturated heterocycles. The van der Waals surface area contributed by atoms with E-state index in [0.29, 0.717) is 34.9 Å². The zero-order valence-corrected chi connectivity index (χ0v) is 19.5. The summed E-state index contributed by atoms with van der Waals surface area (Å²) >= 11 is 12.5. The molecule has 3 aromatic heterocycles. The smallest absolute Gasteiger partial charge is 0.407 e. The minimum absolute atomic E-state index is 0.0419. The van der Waals surface area contributed by atoms with Gasteiger partial charge in [-0.1, -0.05) is 42.2 Å². The van der Waals surface area contributed by atoms with E-state index < -0.39 is 11.8 Å². The first-order valence-corrected chi connectivity index (χ1v) is 10.9. The van der Waals surface area contributed by atoms with Crippen LogP contribution in [0, 0.1) is 6.92 Å². The fourth-order valence-corrected chi connectivity index (χ4v) is 4.27. The van der Waals surface area contributed by atoms with Crippen LogP contribution in [0.15, 0.2) is 15.4 Å². The van der Waals surface area contributed by atoms with Crippen LogP contribution in [-0.4, -0.2) is 61.5 Å². The number of rotatable bonds is 3. The van der Waals surface area contributed by atoms with E-state index in [0.717, 1.165) is 0 Å². The maximum Gasteiger partial charge on any atom is 0.407 e. The highest BCUT2D eigenvalue weighted by Gasteiger charge is 2.31. The van der Waals surface area contributed by atoms with E-state index >= 15 is 0 Å². The standard InChI is InChI=1S/C20H22Cl2N6O4/c1-9(2)15-14(11(4)25-32-15)28-18-12(7-13(21)16(22)23-18)17(24-19(28)29)27-6-5-26(20(30)31)8-10(27)3/h7,9-10H,5-6,8H2,1-4H3,(H,30,31)/t10-/m0/s1. The third-order valence-electron chi connectivity index (χ3n) is 5.53. The van der Waals surface area contributed by atoms with Crippen LogP contribution in [0.4, 0.5) is 10.6 Å². The lowest BCUT2D eigenvalue weighted by Gasteiger charge is -2.39. The summed E-state index contributed by atoms with van der Waals surface area (Å²) in [6.45, 7) is 8.39. The maximum absolute atomic E-state index is 13.3. The molecule has 12 heteroatoms. The van der Waals surface area contributed by atoms with Gasteiger partial charge in [-0.05, 0) is 19.9 Å². The number of carbonyl (C=O) groups is 1. The predicted molar refractivity (Wildman–Crippen MR) is 120 cm³/mol. The Bertz CT molecular complexity index is 1270. The zero-order valence-electron chi connectivity index (χ0n) is 18.0. The molecule has 170 valence electrons. The highest BCUT2D eigenvalue weighted by molar-refractivity contribution is 6.41. The Kier molecular flexibility index (Phi) is 5.76. The van der Waals surface area contributed by atoms with Crippen LogP contribution < -0.4 is 10.6 Å². The molecule has 1 aliphatic heterocycles. The molecule has 0 aromatic carbocycles. The first kappa shape index (κ1) is 22.3. The van der Waals surface area contributed by atoms with Crippen LogP contribution in [0.3, 0.4) is 0 Å². The van der Waals surface area contributed by atoms with Crippen LogP contribution >= 0.6 is 23.2 Å². The number of fused-ring (bicyclic) bond motifs is 1. The van der Waals surface area contributed by atoms with E-state index in [1.54, 1.807) is 13.0 Å². The van der Waals surface area contributed by atoms with Crippen molar-refractivity contribution in [2.45, 2.75) is 39.7 Å². The van der Waals surface area contributed by atoms with Gasteiger partial charge in [-0.2, -0.15) is 4.98 Å². The number of piperazine rings is 1. The minimum Gasteiger partial charge on any atom is -0.465 e. The lowest BCUT2D eigenvalue weighted by Crippen LogP contribution is -2.54. The lowest BCUT2D eigenvalue weighted by atomic mass is 10.1. The molecule has 0 radical (unpaired) electrons. The second-order valence-electron chi connectivity index (χ2n) is 8.09. The summed E-state index contributed by atoms with van der Waals surface area (Å²) in [6.07, 6.45) is -0.981. The van der Waals surface area contributed by atoms with Gasteiger partial charge >= 0.3 is 11.8 Å². The van der Waals surface area contributed by atoms with Crippen molar-refractivity contribution in [3.05, 3.63) is 38.2 Å². The molecule has 0 unspecified atom stereocenters.